The highest BCUT2D eigenvalue weighted by Crippen LogP contribution is 2.28. The van der Waals surface area contributed by atoms with Crippen LogP contribution in [0.15, 0.2) is 24.3 Å². The second-order valence-electron chi connectivity index (χ2n) is 7.72. The van der Waals surface area contributed by atoms with Crippen molar-refractivity contribution in [1.29, 1.82) is 0 Å². The van der Waals surface area contributed by atoms with E-state index in [9.17, 15) is 4.79 Å². The molecule has 0 saturated carbocycles. The number of rotatable bonds is 5. The molecule has 2 rings (SSSR count). The van der Waals surface area contributed by atoms with Gasteiger partial charge in [0.25, 0.3) is 0 Å². The Hall–Kier alpha value is -1.26. The third-order valence-corrected chi connectivity index (χ3v) is 4.53. The Morgan fingerprint density at radius 3 is 2.50 bits per heavy atom. The number of hydrogen-bond acceptors (Lipinski definition) is 3. The average molecular weight is 355 g/mol. The molecule has 1 aromatic carbocycles. The van der Waals surface area contributed by atoms with Gasteiger partial charge in [0.2, 0.25) is 5.91 Å². The highest BCUT2D eigenvalue weighted by Gasteiger charge is 2.35. The number of ether oxygens (including phenoxy) is 1. The molecule has 136 valence electrons. The lowest BCUT2D eigenvalue weighted by Crippen LogP contribution is -2.54. The average Bonchev–Trinajstić information content (AvgIpc) is 2.49. The lowest BCUT2D eigenvalue weighted by molar-refractivity contribution is -0.133. The van der Waals surface area contributed by atoms with Gasteiger partial charge in [0, 0.05) is 19.1 Å². The third kappa shape index (κ3) is 5.67. The van der Waals surface area contributed by atoms with Crippen molar-refractivity contribution in [3.05, 3.63) is 29.8 Å². The topological polar surface area (TPSA) is 55.6 Å². The maximum Gasteiger partial charge on any atom is 0.227 e. The highest BCUT2D eigenvalue weighted by molar-refractivity contribution is 5.85. The van der Waals surface area contributed by atoms with Gasteiger partial charge in [0.15, 0.2) is 0 Å². The number of piperidine rings is 1. The van der Waals surface area contributed by atoms with E-state index in [0.29, 0.717) is 18.9 Å². The Bertz CT molecular complexity index is 529. The summed E-state index contributed by atoms with van der Waals surface area (Å²) in [6.45, 7) is 10.7. The smallest absolute Gasteiger partial charge is 0.227 e. The first-order chi connectivity index (χ1) is 10.8. The van der Waals surface area contributed by atoms with Crippen LogP contribution >= 0.6 is 12.4 Å². The monoisotopic (exact) mass is 354 g/mol. The van der Waals surface area contributed by atoms with Gasteiger partial charge in [-0.2, -0.15) is 0 Å². The second-order valence-corrected chi connectivity index (χ2v) is 7.72. The molecule has 1 saturated heterocycles. The molecule has 5 heteroatoms. The number of nitrogens with zero attached hydrogens (tertiary/aromatic N) is 1. The molecule has 0 spiro atoms. The Kier molecular flexibility index (Phi) is 7.56. The van der Waals surface area contributed by atoms with Crippen LogP contribution in [0.25, 0.3) is 0 Å². The van der Waals surface area contributed by atoms with Crippen molar-refractivity contribution in [3.63, 3.8) is 0 Å². The number of amides is 1. The van der Waals surface area contributed by atoms with Crippen molar-refractivity contribution in [3.8, 4) is 5.75 Å². The largest absolute Gasteiger partial charge is 0.493 e. The number of nitrogens with two attached hydrogens (primary N) is 1. The maximum absolute atomic E-state index is 12.5. The van der Waals surface area contributed by atoms with Gasteiger partial charge in [0.05, 0.1) is 13.0 Å². The number of carbonyl (C=O) groups is 1. The predicted octanol–water partition coefficient (Wildman–Crippen LogP) is 3.27. The molecular weight excluding hydrogens is 324 g/mol. The Labute approximate surface area is 152 Å². The van der Waals surface area contributed by atoms with Crippen LogP contribution in [0.4, 0.5) is 0 Å². The molecule has 0 aromatic heterocycles. The van der Waals surface area contributed by atoms with E-state index in [1.807, 2.05) is 29.2 Å². The summed E-state index contributed by atoms with van der Waals surface area (Å²) in [6.07, 6.45) is 1.32. The molecule has 1 atom stereocenters. The molecule has 1 amide bonds. The number of benzene rings is 1. The Balaban J connectivity index is 0.00000288. The summed E-state index contributed by atoms with van der Waals surface area (Å²) in [5.74, 6) is 1.55. The number of halogens is 1. The van der Waals surface area contributed by atoms with Gasteiger partial charge in [-0.25, -0.2) is 0 Å². The van der Waals surface area contributed by atoms with Crippen LogP contribution in [0.3, 0.4) is 0 Å². The minimum absolute atomic E-state index is 0. The van der Waals surface area contributed by atoms with Crippen molar-refractivity contribution in [2.24, 2.45) is 17.1 Å². The summed E-state index contributed by atoms with van der Waals surface area (Å²) in [5, 5.41) is 0. The van der Waals surface area contributed by atoms with Gasteiger partial charge in [-0.1, -0.05) is 39.8 Å². The van der Waals surface area contributed by atoms with E-state index in [0.717, 1.165) is 30.8 Å². The molecule has 0 aliphatic carbocycles. The summed E-state index contributed by atoms with van der Waals surface area (Å²) >= 11 is 0. The van der Waals surface area contributed by atoms with Crippen LogP contribution < -0.4 is 10.5 Å². The summed E-state index contributed by atoms with van der Waals surface area (Å²) in [6, 6.07) is 8.02. The van der Waals surface area contributed by atoms with E-state index in [-0.39, 0.29) is 29.8 Å². The van der Waals surface area contributed by atoms with Crippen molar-refractivity contribution in [2.45, 2.75) is 46.6 Å². The van der Waals surface area contributed by atoms with E-state index >= 15 is 0 Å². The van der Waals surface area contributed by atoms with Crippen LogP contribution in [0.1, 0.15) is 39.7 Å². The van der Waals surface area contributed by atoms with Gasteiger partial charge in [-0.15, -0.1) is 12.4 Å². The fraction of sp³-hybridized carbons (Fsp3) is 0.632. The van der Waals surface area contributed by atoms with Gasteiger partial charge >= 0.3 is 0 Å². The van der Waals surface area contributed by atoms with Gasteiger partial charge in [0.1, 0.15) is 5.75 Å². The van der Waals surface area contributed by atoms with Crippen LogP contribution in [-0.4, -0.2) is 36.5 Å². The van der Waals surface area contributed by atoms with E-state index in [4.69, 9.17) is 10.5 Å². The zero-order chi connectivity index (χ0) is 17.0. The fourth-order valence-electron chi connectivity index (χ4n) is 2.84. The third-order valence-electron chi connectivity index (χ3n) is 4.53. The fourth-order valence-corrected chi connectivity index (χ4v) is 2.84. The number of hydrogen-bond donors (Lipinski definition) is 1. The zero-order valence-corrected chi connectivity index (χ0v) is 16.1. The van der Waals surface area contributed by atoms with E-state index in [2.05, 4.69) is 27.7 Å². The first-order valence-electron chi connectivity index (χ1n) is 8.53. The van der Waals surface area contributed by atoms with Crippen LogP contribution in [0, 0.1) is 11.3 Å². The minimum Gasteiger partial charge on any atom is -0.493 e. The summed E-state index contributed by atoms with van der Waals surface area (Å²) < 4.78 is 5.67. The molecule has 2 N–H and O–H groups in total. The Morgan fingerprint density at radius 2 is 1.96 bits per heavy atom. The molecule has 24 heavy (non-hydrogen) atoms. The molecule has 1 aliphatic heterocycles. The van der Waals surface area contributed by atoms with E-state index in [1.54, 1.807) is 0 Å². The zero-order valence-electron chi connectivity index (χ0n) is 15.2. The van der Waals surface area contributed by atoms with Gasteiger partial charge in [-0.3, -0.25) is 4.79 Å². The maximum atomic E-state index is 12.5. The molecule has 1 unspecified atom stereocenters. The van der Waals surface area contributed by atoms with Crippen LogP contribution in [-0.2, 0) is 11.2 Å². The van der Waals surface area contributed by atoms with Crippen molar-refractivity contribution in [2.75, 3.05) is 19.7 Å². The molecule has 0 radical (unpaired) electrons. The second kappa shape index (κ2) is 8.72. The van der Waals surface area contributed by atoms with Crippen molar-refractivity contribution >= 4 is 18.3 Å². The summed E-state index contributed by atoms with van der Waals surface area (Å²) in [7, 11) is 0. The normalized spacial score (nSPS) is 19.8. The highest BCUT2D eigenvalue weighted by atomic mass is 35.5. The van der Waals surface area contributed by atoms with E-state index < -0.39 is 0 Å². The standard InChI is InChI=1S/C19H30N2O2.ClH/c1-14(2)12-23-16-7-5-15(6-8-16)11-18(22)21-10-9-17(20)19(3,4)13-21;/h5-8,14,17H,9-13,20H2,1-4H3;1H. The summed E-state index contributed by atoms with van der Waals surface area (Å²) in [5.41, 5.74) is 7.16. The molecule has 1 aromatic rings. The Morgan fingerprint density at radius 1 is 1.33 bits per heavy atom. The van der Waals surface area contributed by atoms with Crippen LogP contribution in [0.5, 0.6) is 5.75 Å². The lowest BCUT2D eigenvalue weighted by atomic mass is 9.79. The molecule has 0 bridgehead atoms. The minimum atomic E-state index is -0.0115. The van der Waals surface area contributed by atoms with Gasteiger partial charge in [-0.05, 0) is 35.4 Å². The molecule has 1 aliphatic rings. The quantitative estimate of drug-likeness (QED) is 0.882. The molecular formula is C19H31ClN2O2. The van der Waals surface area contributed by atoms with E-state index in [1.165, 1.54) is 0 Å². The number of likely N-dealkylation sites (tertiary alicyclic amines) is 1. The van der Waals surface area contributed by atoms with Gasteiger partial charge < -0.3 is 15.4 Å². The van der Waals surface area contributed by atoms with Crippen molar-refractivity contribution in [1.82, 2.24) is 4.90 Å². The lowest BCUT2D eigenvalue weighted by Gasteiger charge is -2.42. The predicted molar refractivity (Wildman–Crippen MR) is 101 cm³/mol. The van der Waals surface area contributed by atoms with Crippen LogP contribution in [0.2, 0.25) is 0 Å². The number of carbonyl (C=O) groups excluding carboxylic acids is 1. The van der Waals surface area contributed by atoms with Crippen molar-refractivity contribution < 1.29 is 9.53 Å². The molecule has 1 fully saturated rings. The first kappa shape index (κ1) is 20.8. The SMILES string of the molecule is CC(C)COc1ccc(CC(=O)N2CCC(N)C(C)(C)C2)cc1.Cl. The summed E-state index contributed by atoms with van der Waals surface area (Å²) in [4.78, 5) is 14.5. The molecule has 1 heterocycles. The first-order valence-corrected chi connectivity index (χ1v) is 8.53. The molecule has 4 nitrogen and oxygen atoms in total.